The second-order valence-electron chi connectivity index (χ2n) is 10.3. The summed E-state index contributed by atoms with van der Waals surface area (Å²) >= 11 is 0. The van der Waals surface area contributed by atoms with Crippen LogP contribution >= 0.6 is 0 Å². The van der Waals surface area contributed by atoms with Crippen LogP contribution in [-0.2, 0) is 19.1 Å². The summed E-state index contributed by atoms with van der Waals surface area (Å²) in [6.07, 6.45) is -1.41. The molecule has 7 nitrogen and oxygen atoms in total. The van der Waals surface area contributed by atoms with Crippen LogP contribution in [0.1, 0.15) is 46.9 Å². The van der Waals surface area contributed by atoms with Gasteiger partial charge in [-0.3, -0.25) is 0 Å². The van der Waals surface area contributed by atoms with E-state index >= 15 is 0 Å². The third-order valence-corrected chi connectivity index (χ3v) is 7.91. The second-order valence-corrected chi connectivity index (χ2v) is 10.3. The smallest absolute Gasteiger partial charge is 0.407 e. The van der Waals surface area contributed by atoms with E-state index in [1.54, 1.807) is 0 Å². The van der Waals surface area contributed by atoms with Crippen LogP contribution in [-0.4, -0.2) is 37.3 Å². The van der Waals surface area contributed by atoms with Crippen molar-refractivity contribution in [3.05, 3.63) is 119 Å². The summed E-state index contributed by atoms with van der Waals surface area (Å²) < 4.78 is 11.3. The van der Waals surface area contributed by atoms with E-state index < -0.39 is 30.5 Å². The standard InChI is InChI=1S/C34H29NO6/c36-32(37)18-17-31(33(38)40-19-29-25-13-5-1-9-21(25)22-10-2-6-14-26(22)29)35-34(39)41-20-30-27-15-7-3-11-23(27)24-12-4-8-16-28(24)30/h1-16,29-31H,17-20H2,(H,35,39)(H,36,37)/p-1/t31-/m0/s1. The molecule has 0 aliphatic heterocycles. The number of alkyl carbamates (subject to hydrolysis) is 1. The van der Waals surface area contributed by atoms with Crippen LogP contribution < -0.4 is 10.4 Å². The molecule has 2 aliphatic rings. The third-order valence-electron chi connectivity index (χ3n) is 7.91. The van der Waals surface area contributed by atoms with Gasteiger partial charge < -0.3 is 24.7 Å². The molecule has 0 aromatic heterocycles. The fraction of sp³-hybridized carbons (Fsp3) is 0.206. The van der Waals surface area contributed by atoms with Crippen molar-refractivity contribution in [2.75, 3.05) is 13.2 Å². The van der Waals surface area contributed by atoms with Gasteiger partial charge in [-0.25, -0.2) is 9.59 Å². The number of amides is 1. The Labute approximate surface area is 237 Å². The van der Waals surface area contributed by atoms with E-state index in [1.807, 2.05) is 97.1 Å². The van der Waals surface area contributed by atoms with Crippen LogP contribution in [0.5, 0.6) is 0 Å². The minimum Gasteiger partial charge on any atom is -0.550 e. The van der Waals surface area contributed by atoms with E-state index in [-0.39, 0.29) is 31.5 Å². The maximum Gasteiger partial charge on any atom is 0.407 e. The molecule has 0 saturated heterocycles. The molecule has 0 heterocycles. The van der Waals surface area contributed by atoms with Gasteiger partial charge >= 0.3 is 12.1 Å². The minimum atomic E-state index is -1.32. The zero-order chi connectivity index (χ0) is 28.3. The van der Waals surface area contributed by atoms with E-state index in [1.165, 1.54) is 0 Å². The fourth-order valence-electron chi connectivity index (χ4n) is 6.00. The summed E-state index contributed by atoms with van der Waals surface area (Å²) in [5.41, 5.74) is 8.61. The van der Waals surface area contributed by atoms with Crippen LogP contribution in [0.25, 0.3) is 22.3 Å². The molecule has 0 fully saturated rings. The molecule has 1 amide bonds. The highest BCUT2D eigenvalue weighted by Gasteiger charge is 2.32. The lowest BCUT2D eigenvalue weighted by Crippen LogP contribution is -2.43. The highest BCUT2D eigenvalue weighted by atomic mass is 16.6. The predicted octanol–water partition coefficient (Wildman–Crippen LogP) is 4.78. The number of carboxylic acid groups (broad SMARTS) is 1. The number of hydrogen-bond donors (Lipinski definition) is 1. The number of rotatable bonds is 9. The Hall–Kier alpha value is -4.91. The van der Waals surface area contributed by atoms with Crippen LogP contribution in [0.4, 0.5) is 4.79 Å². The van der Waals surface area contributed by atoms with Gasteiger partial charge in [0.2, 0.25) is 0 Å². The zero-order valence-corrected chi connectivity index (χ0v) is 22.2. The van der Waals surface area contributed by atoms with Gasteiger partial charge in [0.05, 0.1) is 0 Å². The topological polar surface area (TPSA) is 105 Å². The monoisotopic (exact) mass is 546 g/mol. The lowest BCUT2D eigenvalue weighted by molar-refractivity contribution is -0.305. The van der Waals surface area contributed by atoms with Gasteiger partial charge in [-0.1, -0.05) is 97.1 Å². The van der Waals surface area contributed by atoms with E-state index in [4.69, 9.17) is 9.47 Å². The number of fused-ring (bicyclic) bond motifs is 6. The SMILES string of the molecule is O=C([O-])CC[C@H](NC(=O)OCC1c2ccccc2-c2ccccc21)C(=O)OCC1c2ccccc2-c2ccccc21. The van der Waals surface area contributed by atoms with E-state index in [9.17, 15) is 19.5 Å². The van der Waals surface area contributed by atoms with Gasteiger partial charge in [-0.15, -0.1) is 0 Å². The molecule has 4 aromatic carbocycles. The number of carbonyl (C=O) groups excluding carboxylic acids is 3. The molecule has 7 heteroatoms. The van der Waals surface area contributed by atoms with E-state index in [0.717, 1.165) is 44.5 Å². The number of benzene rings is 4. The molecule has 41 heavy (non-hydrogen) atoms. The molecule has 1 atom stereocenters. The quantitative estimate of drug-likeness (QED) is 0.303. The first-order chi connectivity index (χ1) is 20.0. The van der Waals surface area contributed by atoms with Crippen molar-refractivity contribution in [1.82, 2.24) is 5.32 Å². The molecule has 0 radical (unpaired) electrons. The van der Waals surface area contributed by atoms with Crippen molar-refractivity contribution in [3.8, 4) is 22.3 Å². The molecular weight excluding hydrogens is 518 g/mol. The summed E-state index contributed by atoms with van der Waals surface area (Å²) in [6.45, 7) is 0.124. The van der Waals surface area contributed by atoms with Gasteiger partial charge in [0.25, 0.3) is 0 Å². The highest BCUT2D eigenvalue weighted by Crippen LogP contribution is 2.45. The first-order valence-corrected chi connectivity index (χ1v) is 13.7. The van der Waals surface area contributed by atoms with Crippen molar-refractivity contribution in [2.24, 2.45) is 0 Å². The Kier molecular flexibility index (Phi) is 7.25. The van der Waals surface area contributed by atoms with Crippen molar-refractivity contribution in [2.45, 2.75) is 30.7 Å². The number of esters is 1. The third kappa shape index (κ3) is 5.18. The molecule has 4 aromatic rings. The Balaban J connectivity index is 1.12. The number of carboxylic acids is 1. The van der Waals surface area contributed by atoms with Gasteiger partial charge in [0.1, 0.15) is 19.3 Å². The minimum absolute atomic E-state index is 0.0566. The van der Waals surface area contributed by atoms with Crippen LogP contribution in [0, 0.1) is 0 Å². The van der Waals surface area contributed by atoms with E-state index in [0.29, 0.717) is 0 Å². The molecule has 0 bridgehead atoms. The normalized spacial score (nSPS) is 13.9. The number of ether oxygens (including phenoxy) is 2. The number of aliphatic carboxylic acids is 1. The summed E-state index contributed by atoms with van der Waals surface area (Å²) in [4.78, 5) is 37.2. The Morgan fingerprint density at radius 3 is 1.44 bits per heavy atom. The first-order valence-electron chi connectivity index (χ1n) is 13.7. The van der Waals surface area contributed by atoms with Gasteiger partial charge in [-0.05, 0) is 57.3 Å². The zero-order valence-electron chi connectivity index (χ0n) is 22.2. The maximum absolute atomic E-state index is 13.2. The van der Waals surface area contributed by atoms with Crippen LogP contribution in [0.3, 0.4) is 0 Å². The Bertz CT molecular complexity index is 1540. The molecule has 0 unspecified atom stereocenters. The van der Waals surface area contributed by atoms with Gasteiger partial charge in [0, 0.05) is 17.8 Å². The summed E-state index contributed by atoms with van der Waals surface area (Å²) in [7, 11) is 0. The predicted molar refractivity (Wildman–Crippen MR) is 151 cm³/mol. The second kappa shape index (κ2) is 11.3. The highest BCUT2D eigenvalue weighted by molar-refractivity contribution is 5.83. The van der Waals surface area contributed by atoms with Crippen molar-refractivity contribution < 1.29 is 29.0 Å². The number of hydrogen-bond acceptors (Lipinski definition) is 6. The fourth-order valence-corrected chi connectivity index (χ4v) is 6.00. The first kappa shape index (κ1) is 26.3. The Morgan fingerprint density at radius 2 is 1.02 bits per heavy atom. The summed E-state index contributed by atoms with van der Waals surface area (Å²) in [5.74, 6) is -2.36. The largest absolute Gasteiger partial charge is 0.550 e. The Morgan fingerprint density at radius 1 is 0.634 bits per heavy atom. The maximum atomic E-state index is 13.2. The average Bonchev–Trinajstić information content (AvgIpc) is 3.49. The van der Waals surface area contributed by atoms with Gasteiger partial charge in [-0.2, -0.15) is 0 Å². The van der Waals surface area contributed by atoms with Crippen molar-refractivity contribution >= 4 is 18.0 Å². The van der Waals surface area contributed by atoms with Crippen molar-refractivity contribution in [3.63, 3.8) is 0 Å². The van der Waals surface area contributed by atoms with Crippen LogP contribution in [0.2, 0.25) is 0 Å². The molecular formula is C34H28NO6-. The molecule has 206 valence electrons. The lowest BCUT2D eigenvalue weighted by Gasteiger charge is -2.21. The number of nitrogens with one attached hydrogen (secondary N) is 1. The average molecular weight is 547 g/mol. The molecule has 1 N–H and O–H groups in total. The summed E-state index contributed by atoms with van der Waals surface area (Å²) in [6, 6.07) is 30.7. The molecule has 0 saturated carbocycles. The molecule has 0 spiro atoms. The van der Waals surface area contributed by atoms with Crippen LogP contribution in [0.15, 0.2) is 97.1 Å². The van der Waals surface area contributed by atoms with Gasteiger partial charge in [0.15, 0.2) is 0 Å². The molecule has 2 aliphatic carbocycles. The summed E-state index contributed by atoms with van der Waals surface area (Å²) in [5, 5.41) is 13.7. The number of carbonyl (C=O) groups is 3. The lowest BCUT2D eigenvalue weighted by atomic mass is 9.98. The molecule has 6 rings (SSSR count). The van der Waals surface area contributed by atoms with Crippen molar-refractivity contribution in [1.29, 1.82) is 0 Å². The van der Waals surface area contributed by atoms with E-state index in [2.05, 4.69) is 5.32 Å².